The molecule has 1 atom stereocenters. The van der Waals surface area contributed by atoms with Gasteiger partial charge in [0.1, 0.15) is 6.17 Å². The number of rotatable bonds is 1. The number of nitrogens with zero attached hydrogens (tertiary/aromatic N) is 3. The third-order valence-electron chi connectivity index (χ3n) is 3.14. The number of hydrogen-bond donors (Lipinski definition) is 0. The summed E-state index contributed by atoms with van der Waals surface area (Å²) in [7, 11) is 0. The second kappa shape index (κ2) is 3.96. The average molecular weight is 227 g/mol. The van der Waals surface area contributed by atoms with E-state index in [0.717, 1.165) is 18.8 Å². The molecule has 0 N–H and O–H groups in total. The van der Waals surface area contributed by atoms with Crippen molar-refractivity contribution in [2.24, 2.45) is 5.41 Å². The van der Waals surface area contributed by atoms with E-state index in [1.165, 1.54) is 0 Å². The largest absolute Gasteiger partial charge is 0.338 e. The lowest BCUT2D eigenvalue weighted by atomic mass is 9.81. The number of aromatic nitrogens is 2. The van der Waals surface area contributed by atoms with Crippen LogP contribution in [0.1, 0.15) is 20.3 Å². The zero-order valence-electron chi connectivity index (χ0n) is 9.45. The van der Waals surface area contributed by atoms with Crippen molar-refractivity contribution in [1.82, 2.24) is 9.97 Å². The lowest BCUT2D eigenvalue weighted by molar-refractivity contribution is 0.116. The van der Waals surface area contributed by atoms with Gasteiger partial charge in [0.25, 0.3) is 0 Å². The van der Waals surface area contributed by atoms with Gasteiger partial charge in [0, 0.05) is 6.54 Å². The molecule has 0 amide bonds. The summed E-state index contributed by atoms with van der Waals surface area (Å²) in [6.45, 7) is 4.82. The predicted octanol–water partition coefficient (Wildman–Crippen LogP) is 2.19. The molecule has 2 heterocycles. The van der Waals surface area contributed by atoms with Crippen LogP contribution in [0.15, 0.2) is 12.4 Å². The molecule has 1 unspecified atom stereocenters. The Morgan fingerprint density at radius 1 is 1.38 bits per heavy atom. The molecule has 2 rings (SSSR count). The fraction of sp³-hybridized carbons (Fsp3) is 0.636. The van der Waals surface area contributed by atoms with Crippen LogP contribution >= 0.6 is 0 Å². The van der Waals surface area contributed by atoms with Gasteiger partial charge in [-0.1, -0.05) is 13.8 Å². The van der Waals surface area contributed by atoms with Gasteiger partial charge in [-0.3, -0.25) is 0 Å². The molecule has 1 fully saturated rings. The van der Waals surface area contributed by atoms with E-state index in [9.17, 15) is 8.78 Å². The van der Waals surface area contributed by atoms with Gasteiger partial charge in [-0.05, 0) is 11.8 Å². The Balaban J connectivity index is 2.10. The van der Waals surface area contributed by atoms with Crippen LogP contribution in [0.2, 0.25) is 0 Å². The summed E-state index contributed by atoms with van der Waals surface area (Å²) in [6, 6.07) is 0. The molecule has 0 aromatic carbocycles. The van der Waals surface area contributed by atoms with Crippen LogP contribution in [0.4, 0.5) is 14.7 Å². The van der Waals surface area contributed by atoms with Crippen molar-refractivity contribution in [3.05, 3.63) is 18.2 Å². The van der Waals surface area contributed by atoms with Crippen LogP contribution in [0.3, 0.4) is 0 Å². The molecule has 1 aliphatic heterocycles. The van der Waals surface area contributed by atoms with Crippen LogP contribution in [-0.2, 0) is 0 Å². The third-order valence-corrected chi connectivity index (χ3v) is 3.14. The van der Waals surface area contributed by atoms with Gasteiger partial charge in [0.05, 0.1) is 18.9 Å². The highest BCUT2D eigenvalue weighted by Crippen LogP contribution is 2.33. The lowest BCUT2D eigenvalue weighted by Crippen LogP contribution is -2.46. The van der Waals surface area contributed by atoms with Crippen molar-refractivity contribution >= 4 is 5.95 Å². The second-order valence-electron chi connectivity index (χ2n) is 4.85. The minimum Gasteiger partial charge on any atom is -0.338 e. The van der Waals surface area contributed by atoms with E-state index in [-0.39, 0.29) is 12.0 Å². The van der Waals surface area contributed by atoms with E-state index >= 15 is 0 Å². The van der Waals surface area contributed by atoms with Crippen molar-refractivity contribution in [3.8, 4) is 0 Å². The fourth-order valence-electron chi connectivity index (χ4n) is 1.76. The van der Waals surface area contributed by atoms with Gasteiger partial charge < -0.3 is 4.90 Å². The highest BCUT2D eigenvalue weighted by atomic mass is 19.1. The van der Waals surface area contributed by atoms with Crippen molar-refractivity contribution in [3.63, 3.8) is 0 Å². The summed E-state index contributed by atoms with van der Waals surface area (Å²) in [5.74, 6) is -0.0718. The average Bonchev–Trinajstić information content (AvgIpc) is 2.24. The Bertz CT molecular complexity index is 364. The third kappa shape index (κ3) is 2.13. The topological polar surface area (TPSA) is 29.0 Å². The quantitative estimate of drug-likeness (QED) is 0.736. The molecular weight excluding hydrogens is 212 g/mol. The van der Waals surface area contributed by atoms with E-state index in [1.807, 2.05) is 13.8 Å². The SMILES string of the molecule is CC1(C)CCN(c2ncc(F)cn2)CC1F. The monoisotopic (exact) mass is 227 g/mol. The summed E-state index contributed by atoms with van der Waals surface area (Å²) in [6.07, 6.45) is 2.05. The van der Waals surface area contributed by atoms with Crippen LogP contribution in [0.5, 0.6) is 0 Å². The zero-order valence-corrected chi connectivity index (χ0v) is 9.45. The predicted molar refractivity (Wildman–Crippen MR) is 57.5 cm³/mol. The number of anilines is 1. The summed E-state index contributed by atoms with van der Waals surface area (Å²) in [5.41, 5.74) is -0.295. The minimum atomic E-state index is -0.907. The maximum atomic E-state index is 13.8. The number of piperidine rings is 1. The maximum Gasteiger partial charge on any atom is 0.225 e. The standard InChI is InChI=1S/C11H15F2N3/c1-11(2)3-4-16(7-9(11)13)10-14-5-8(12)6-15-10/h5-6,9H,3-4,7H2,1-2H3. The van der Waals surface area contributed by atoms with Crippen molar-refractivity contribution in [1.29, 1.82) is 0 Å². The number of hydrogen-bond acceptors (Lipinski definition) is 3. The minimum absolute atomic E-state index is 0.276. The highest BCUT2D eigenvalue weighted by Gasteiger charge is 2.36. The molecule has 5 heteroatoms. The number of alkyl halides is 1. The Morgan fingerprint density at radius 3 is 2.56 bits per heavy atom. The van der Waals surface area contributed by atoms with Gasteiger partial charge in [0.2, 0.25) is 5.95 Å². The van der Waals surface area contributed by atoms with Crippen LogP contribution in [0, 0.1) is 11.2 Å². The van der Waals surface area contributed by atoms with Gasteiger partial charge in [-0.15, -0.1) is 0 Å². The Labute approximate surface area is 93.5 Å². The van der Waals surface area contributed by atoms with Crippen molar-refractivity contribution in [2.45, 2.75) is 26.4 Å². The second-order valence-corrected chi connectivity index (χ2v) is 4.85. The maximum absolute atomic E-state index is 13.8. The van der Waals surface area contributed by atoms with Gasteiger partial charge >= 0.3 is 0 Å². The molecule has 0 aliphatic carbocycles. The molecule has 1 aromatic rings. The normalized spacial score (nSPS) is 24.5. The van der Waals surface area contributed by atoms with E-state index in [0.29, 0.717) is 12.5 Å². The smallest absolute Gasteiger partial charge is 0.225 e. The van der Waals surface area contributed by atoms with E-state index < -0.39 is 12.0 Å². The molecular formula is C11H15F2N3. The van der Waals surface area contributed by atoms with Gasteiger partial charge in [-0.25, -0.2) is 18.7 Å². The van der Waals surface area contributed by atoms with Gasteiger partial charge in [0.15, 0.2) is 5.82 Å². The Hall–Kier alpha value is -1.26. The van der Waals surface area contributed by atoms with Gasteiger partial charge in [-0.2, -0.15) is 0 Å². The molecule has 1 saturated heterocycles. The molecule has 16 heavy (non-hydrogen) atoms. The Kier molecular flexibility index (Phi) is 2.78. The van der Waals surface area contributed by atoms with E-state index in [4.69, 9.17) is 0 Å². The molecule has 0 saturated carbocycles. The van der Waals surface area contributed by atoms with E-state index in [2.05, 4.69) is 9.97 Å². The molecule has 1 aliphatic rings. The Morgan fingerprint density at radius 2 is 2.00 bits per heavy atom. The van der Waals surface area contributed by atoms with Crippen LogP contribution < -0.4 is 4.90 Å². The fourth-order valence-corrected chi connectivity index (χ4v) is 1.76. The summed E-state index contributed by atoms with van der Waals surface area (Å²) >= 11 is 0. The van der Waals surface area contributed by atoms with E-state index in [1.54, 1.807) is 4.90 Å². The first-order valence-electron chi connectivity index (χ1n) is 5.35. The van der Waals surface area contributed by atoms with Crippen molar-refractivity contribution in [2.75, 3.05) is 18.0 Å². The zero-order chi connectivity index (χ0) is 11.8. The lowest BCUT2D eigenvalue weighted by Gasteiger charge is -2.39. The summed E-state index contributed by atoms with van der Waals surface area (Å²) in [5, 5.41) is 0. The van der Waals surface area contributed by atoms with Crippen LogP contribution in [-0.4, -0.2) is 29.2 Å². The molecule has 1 aromatic heterocycles. The first-order chi connectivity index (χ1) is 7.49. The molecule has 88 valence electrons. The van der Waals surface area contributed by atoms with Crippen molar-refractivity contribution < 1.29 is 8.78 Å². The highest BCUT2D eigenvalue weighted by molar-refractivity contribution is 5.30. The summed E-state index contributed by atoms with van der Waals surface area (Å²) < 4.78 is 26.4. The number of halogens is 2. The first-order valence-corrected chi connectivity index (χ1v) is 5.35. The molecule has 0 radical (unpaired) electrons. The summed E-state index contributed by atoms with van der Waals surface area (Å²) in [4.78, 5) is 9.47. The molecule has 0 spiro atoms. The molecule has 3 nitrogen and oxygen atoms in total. The molecule has 0 bridgehead atoms. The van der Waals surface area contributed by atoms with Crippen LogP contribution in [0.25, 0.3) is 0 Å². The first kappa shape index (κ1) is 11.2.